The van der Waals surface area contributed by atoms with Crippen LogP contribution in [0, 0.1) is 11.2 Å². The van der Waals surface area contributed by atoms with Gasteiger partial charge in [0.2, 0.25) is 5.95 Å². The Hall–Kier alpha value is -1.65. The molecular weight excluding hydrogens is 253 g/mol. The topological polar surface area (TPSA) is 85.1 Å². The highest BCUT2D eigenvalue weighted by atomic mass is 16.3. The number of nitriles is 1. The second-order valence-corrected chi connectivity index (χ2v) is 5.49. The number of aliphatic hydroxyl groups excluding tert-OH is 1. The third kappa shape index (κ3) is 2.62. The molecule has 1 atom stereocenters. The Bertz CT molecular complexity index is 532. The van der Waals surface area contributed by atoms with Crippen LogP contribution in [-0.2, 0) is 12.7 Å². The summed E-state index contributed by atoms with van der Waals surface area (Å²) in [5.41, 5.74) is 2.20. The minimum atomic E-state index is 0.0892. The minimum absolute atomic E-state index is 0.0892. The Morgan fingerprint density at radius 1 is 1.60 bits per heavy atom. The number of fused-ring (bicyclic) bond motifs is 1. The molecule has 0 saturated carbocycles. The van der Waals surface area contributed by atoms with Gasteiger partial charge in [-0.3, -0.25) is 0 Å². The predicted molar refractivity (Wildman–Crippen MR) is 76.7 cm³/mol. The molecule has 0 aliphatic carbocycles. The van der Waals surface area contributed by atoms with Crippen molar-refractivity contribution in [2.75, 3.05) is 31.1 Å². The molecular formula is C13H18BN5O. The molecule has 1 aromatic rings. The molecule has 1 fully saturated rings. The second-order valence-electron chi connectivity index (χ2n) is 5.49. The minimum Gasteiger partial charge on any atom is -0.395 e. The summed E-state index contributed by atoms with van der Waals surface area (Å²) in [6.07, 6.45) is 4.39. The van der Waals surface area contributed by atoms with Gasteiger partial charge in [-0.25, -0.2) is 15.2 Å². The summed E-state index contributed by atoms with van der Waals surface area (Å²) >= 11 is 0. The van der Waals surface area contributed by atoms with Crippen LogP contribution in [0.25, 0.3) is 0 Å². The Morgan fingerprint density at radius 2 is 2.50 bits per heavy atom. The van der Waals surface area contributed by atoms with E-state index in [1.807, 2.05) is 6.20 Å². The van der Waals surface area contributed by atoms with Gasteiger partial charge in [0.15, 0.2) is 0 Å². The van der Waals surface area contributed by atoms with E-state index in [-0.39, 0.29) is 19.4 Å². The van der Waals surface area contributed by atoms with Crippen LogP contribution in [0.4, 0.5) is 5.95 Å². The highest BCUT2D eigenvalue weighted by Crippen LogP contribution is 2.21. The lowest BCUT2D eigenvalue weighted by Gasteiger charge is -2.33. The number of aliphatic hydroxyl groups is 1. The predicted octanol–water partition coefficient (Wildman–Crippen LogP) is -0.558. The molecule has 0 aromatic carbocycles. The summed E-state index contributed by atoms with van der Waals surface area (Å²) in [6.45, 7) is 2.66. The molecule has 2 N–H and O–H groups in total. The van der Waals surface area contributed by atoms with Gasteiger partial charge in [-0.1, -0.05) is 6.32 Å². The Balaban J connectivity index is 1.77. The number of nitrogens with one attached hydrogen (secondary N) is 1. The summed E-state index contributed by atoms with van der Waals surface area (Å²) < 4.78 is 0. The fraction of sp³-hybridized carbons (Fsp3) is 0.615. The van der Waals surface area contributed by atoms with E-state index in [2.05, 4.69) is 26.2 Å². The van der Waals surface area contributed by atoms with Crippen LogP contribution in [-0.4, -0.2) is 54.1 Å². The van der Waals surface area contributed by atoms with Crippen molar-refractivity contribution in [1.29, 1.82) is 5.26 Å². The van der Waals surface area contributed by atoms with E-state index in [1.54, 1.807) is 0 Å². The standard InChI is InChI=1S/C13H18BN5O/c15-9-14-2-1-12-10(5-14)6-17-13(18-12)19-4-3-16-11(7-19)8-20/h6,11,16,20H,1-5,7-8H2. The van der Waals surface area contributed by atoms with E-state index < -0.39 is 0 Å². The van der Waals surface area contributed by atoms with Gasteiger partial charge in [-0.15, -0.1) is 0 Å². The molecule has 6 nitrogen and oxygen atoms in total. The maximum absolute atomic E-state index is 9.24. The number of hydrogen-bond donors (Lipinski definition) is 2. The van der Waals surface area contributed by atoms with Crippen molar-refractivity contribution in [2.45, 2.75) is 25.1 Å². The zero-order valence-electron chi connectivity index (χ0n) is 11.4. The van der Waals surface area contributed by atoms with E-state index in [1.165, 1.54) is 0 Å². The van der Waals surface area contributed by atoms with E-state index in [4.69, 9.17) is 5.26 Å². The number of aryl methyl sites for hydroxylation is 1. The summed E-state index contributed by atoms with van der Waals surface area (Å²) in [5.74, 6) is 3.08. The van der Waals surface area contributed by atoms with Gasteiger partial charge < -0.3 is 15.3 Å². The van der Waals surface area contributed by atoms with Gasteiger partial charge in [0.05, 0.1) is 6.61 Å². The van der Waals surface area contributed by atoms with Gasteiger partial charge in [0.1, 0.15) is 0 Å². The van der Waals surface area contributed by atoms with Crippen LogP contribution in [0.2, 0.25) is 6.32 Å². The molecule has 104 valence electrons. The first-order valence-electron chi connectivity index (χ1n) is 7.13. The molecule has 3 heterocycles. The highest BCUT2D eigenvalue weighted by molar-refractivity contribution is 6.66. The van der Waals surface area contributed by atoms with Gasteiger partial charge in [0, 0.05) is 43.5 Å². The van der Waals surface area contributed by atoms with Crippen molar-refractivity contribution in [2.24, 2.45) is 0 Å². The van der Waals surface area contributed by atoms with Crippen molar-refractivity contribution < 1.29 is 5.11 Å². The smallest absolute Gasteiger partial charge is 0.272 e. The van der Waals surface area contributed by atoms with Crippen molar-refractivity contribution in [3.05, 3.63) is 17.5 Å². The lowest BCUT2D eigenvalue weighted by Crippen LogP contribution is -2.52. The van der Waals surface area contributed by atoms with Crippen LogP contribution in [0.5, 0.6) is 0 Å². The Labute approximate surface area is 118 Å². The van der Waals surface area contributed by atoms with Crippen LogP contribution >= 0.6 is 0 Å². The normalized spacial score (nSPS) is 22.3. The molecule has 1 saturated heterocycles. The monoisotopic (exact) mass is 271 g/mol. The molecule has 7 heteroatoms. The average Bonchev–Trinajstić information content (AvgIpc) is 2.54. The molecule has 2 aliphatic rings. The Kier molecular flexibility index (Phi) is 3.85. The third-order valence-corrected chi connectivity index (χ3v) is 4.08. The summed E-state index contributed by atoms with van der Waals surface area (Å²) in [4.78, 5) is 11.2. The van der Waals surface area contributed by atoms with E-state index in [9.17, 15) is 5.11 Å². The van der Waals surface area contributed by atoms with Crippen LogP contribution < -0.4 is 10.2 Å². The van der Waals surface area contributed by atoms with E-state index in [0.29, 0.717) is 0 Å². The zero-order chi connectivity index (χ0) is 13.9. The van der Waals surface area contributed by atoms with Gasteiger partial charge >= 0.3 is 0 Å². The SMILES string of the molecule is N#CB1CCc2nc(N3CCNC(CO)C3)ncc2C1. The second kappa shape index (κ2) is 5.77. The Morgan fingerprint density at radius 3 is 3.30 bits per heavy atom. The number of piperazine rings is 1. The van der Waals surface area contributed by atoms with Crippen molar-refractivity contribution in [1.82, 2.24) is 15.3 Å². The first-order chi connectivity index (χ1) is 9.80. The fourth-order valence-electron chi connectivity index (χ4n) is 2.89. The number of hydrogen-bond acceptors (Lipinski definition) is 6. The van der Waals surface area contributed by atoms with E-state index in [0.717, 1.165) is 55.9 Å². The quantitative estimate of drug-likeness (QED) is 0.701. The molecule has 2 aliphatic heterocycles. The lowest BCUT2D eigenvalue weighted by atomic mass is 9.43. The van der Waals surface area contributed by atoms with Crippen molar-refractivity contribution >= 4 is 12.7 Å². The number of aromatic nitrogens is 2. The molecule has 0 spiro atoms. The molecule has 20 heavy (non-hydrogen) atoms. The molecule has 0 radical (unpaired) electrons. The summed E-state index contributed by atoms with van der Waals surface area (Å²) in [5, 5.41) is 21.5. The third-order valence-electron chi connectivity index (χ3n) is 4.08. The van der Waals surface area contributed by atoms with Crippen LogP contribution in [0.15, 0.2) is 6.20 Å². The van der Waals surface area contributed by atoms with E-state index >= 15 is 0 Å². The van der Waals surface area contributed by atoms with Gasteiger partial charge in [-0.05, 0) is 18.3 Å². The molecule has 1 unspecified atom stereocenters. The number of nitrogens with zero attached hydrogens (tertiary/aromatic N) is 4. The molecule has 1 aromatic heterocycles. The van der Waals surface area contributed by atoms with Crippen LogP contribution in [0.3, 0.4) is 0 Å². The van der Waals surface area contributed by atoms with Gasteiger partial charge in [0.25, 0.3) is 6.71 Å². The number of anilines is 1. The van der Waals surface area contributed by atoms with Crippen LogP contribution in [0.1, 0.15) is 11.3 Å². The van der Waals surface area contributed by atoms with Crippen molar-refractivity contribution in [3.63, 3.8) is 0 Å². The first kappa shape index (κ1) is 13.3. The fourth-order valence-corrected chi connectivity index (χ4v) is 2.89. The maximum Gasteiger partial charge on any atom is 0.272 e. The van der Waals surface area contributed by atoms with Gasteiger partial charge in [-0.2, -0.15) is 0 Å². The number of rotatable bonds is 2. The highest BCUT2D eigenvalue weighted by Gasteiger charge is 2.26. The summed E-state index contributed by atoms with van der Waals surface area (Å²) in [6, 6.07) is 0.0892. The molecule has 0 amide bonds. The average molecular weight is 271 g/mol. The van der Waals surface area contributed by atoms with Crippen molar-refractivity contribution in [3.8, 4) is 5.97 Å². The molecule has 0 bridgehead atoms. The first-order valence-corrected chi connectivity index (χ1v) is 7.13. The molecule has 3 rings (SSSR count). The largest absolute Gasteiger partial charge is 0.395 e. The lowest BCUT2D eigenvalue weighted by molar-refractivity contribution is 0.235. The summed E-state index contributed by atoms with van der Waals surface area (Å²) in [7, 11) is 0. The maximum atomic E-state index is 9.24. The zero-order valence-corrected chi connectivity index (χ0v) is 11.4.